The molecule has 0 saturated carbocycles. The van der Waals surface area contributed by atoms with Crippen LogP contribution in [0, 0.1) is 40.7 Å². The maximum Gasteiger partial charge on any atom is 1.00 e. The van der Waals surface area contributed by atoms with Gasteiger partial charge in [0, 0.05) is 0 Å². The van der Waals surface area contributed by atoms with E-state index in [1.54, 1.807) is 0 Å². The van der Waals surface area contributed by atoms with Crippen LogP contribution in [0.3, 0.4) is 0 Å². The van der Waals surface area contributed by atoms with Crippen LogP contribution >= 0.6 is 0 Å². The van der Waals surface area contributed by atoms with Crippen LogP contribution in [0.1, 0.15) is 230 Å². The van der Waals surface area contributed by atoms with Gasteiger partial charge in [0.05, 0.1) is 0 Å². The molecule has 0 aliphatic rings. The van der Waals surface area contributed by atoms with Crippen molar-refractivity contribution in [3.63, 3.8) is 0 Å². The summed E-state index contributed by atoms with van der Waals surface area (Å²) in [5.41, 5.74) is 29.3. The Labute approximate surface area is 518 Å². The molecule has 0 unspecified atom stereocenters. The van der Waals surface area contributed by atoms with Gasteiger partial charge >= 0.3 is 51.2 Å². The first-order valence-corrected chi connectivity index (χ1v) is 28.2. The van der Waals surface area contributed by atoms with Crippen LogP contribution in [0.4, 0.5) is 22.7 Å². The third kappa shape index (κ3) is 24.9. The third-order valence-electron chi connectivity index (χ3n) is 13.1. The average Bonchev–Trinajstić information content (AvgIpc) is 3.36. The molecule has 7 aromatic rings. The Morgan fingerprint density at radius 3 is 0.700 bits per heavy atom. The summed E-state index contributed by atoms with van der Waals surface area (Å²) in [6.07, 6.45) is 0. The molecule has 0 aliphatic carbocycles. The number of hydrogen-bond acceptors (Lipinski definition) is 4. The van der Waals surface area contributed by atoms with E-state index in [1.807, 2.05) is 36.4 Å². The van der Waals surface area contributed by atoms with E-state index in [1.165, 1.54) is 72.3 Å². The Morgan fingerprint density at radius 1 is 0.287 bits per heavy atom. The normalized spacial score (nSPS) is 10.8. The summed E-state index contributed by atoms with van der Waals surface area (Å²) in [6.45, 7) is 45.5. The van der Waals surface area contributed by atoms with E-state index in [0.717, 1.165) is 22.7 Å². The molecule has 0 aromatic heterocycles. The van der Waals surface area contributed by atoms with Crippen molar-refractivity contribution in [3.05, 3.63) is 235 Å². The van der Waals surface area contributed by atoms with Crippen LogP contribution in [-0.2, 0) is 51.2 Å². The molecule has 0 fully saturated rings. The molecule has 80 heavy (non-hydrogen) atoms. The van der Waals surface area contributed by atoms with E-state index < -0.39 is 0 Å². The van der Waals surface area contributed by atoms with E-state index in [9.17, 15) is 0 Å². The second-order valence-electron chi connectivity index (χ2n) is 22.8. The SMILES string of the molecule is CC(C)c1cccc(C(C)C)c1N=N[N-]c1c(C(C)C)cccc1C(C)C.CC(C)c1cccc(C(C)C)c1N=N[N-]c1c(C(C)C)cccc1C(C)C.Cc1[c-]c(C)cc(C)c1.Cc1ccccc1.Cc1ccccc1.[Cu+].[Cu+].[Cu+]. The first-order valence-electron chi connectivity index (χ1n) is 28.2. The molecule has 7 rings (SSSR count). The van der Waals surface area contributed by atoms with E-state index in [4.69, 9.17) is 0 Å². The van der Waals surface area contributed by atoms with E-state index >= 15 is 0 Å². The van der Waals surface area contributed by atoms with Crippen molar-refractivity contribution in [3.8, 4) is 0 Å². The molecule has 0 heterocycles. The van der Waals surface area contributed by atoms with Gasteiger partial charge in [0.1, 0.15) is 0 Å². The monoisotopic (exact) mass is 1220 g/mol. The van der Waals surface area contributed by atoms with E-state index in [-0.39, 0.29) is 51.2 Å². The summed E-state index contributed by atoms with van der Waals surface area (Å²) >= 11 is 0. The Kier molecular flexibility index (Phi) is 36.1. The molecule has 0 amide bonds. The molecule has 0 spiro atoms. The quantitative estimate of drug-likeness (QED) is 0.0450. The number of rotatable bonds is 14. The smallest absolute Gasteiger partial charge is 0.350 e. The Balaban J connectivity index is 0.00000109. The summed E-state index contributed by atoms with van der Waals surface area (Å²) in [7, 11) is 0. The van der Waals surface area contributed by atoms with Crippen molar-refractivity contribution in [2.75, 3.05) is 0 Å². The molecular formula is C71H95Cu3N6. The van der Waals surface area contributed by atoms with Crippen molar-refractivity contribution >= 4 is 22.7 Å². The van der Waals surface area contributed by atoms with Gasteiger partial charge in [0.15, 0.2) is 0 Å². The molecule has 7 aromatic carbocycles. The van der Waals surface area contributed by atoms with E-state index in [0.29, 0.717) is 47.3 Å². The van der Waals surface area contributed by atoms with Crippen molar-refractivity contribution in [1.82, 2.24) is 0 Å². The largest absolute Gasteiger partial charge is 1.00 e. The molecule has 0 aliphatic heterocycles. The fraction of sp³-hybridized carbons (Fsp3) is 0.408. The third-order valence-corrected chi connectivity index (χ3v) is 13.1. The summed E-state index contributed by atoms with van der Waals surface area (Å²) in [4.78, 5) is 0. The maximum absolute atomic E-state index is 4.60. The van der Waals surface area contributed by atoms with Gasteiger partial charge in [-0.15, -0.1) is 0 Å². The maximum atomic E-state index is 4.60. The predicted octanol–water partition coefficient (Wildman–Crippen LogP) is 24.2. The molecule has 9 heteroatoms. The van der Waals surface area contributed by atoms with Crippen LogP contribution in [0.2, 0.25) is 0 Å². The zero-order valence-electron chi connectivity index (χ0n) is 52.1. The number of hydrogen-bond donors (Lipinski definition) is 0. The standard InChI is InChI=1S/2C24H34N3.C9H11.2C7H8.3Cu/c2*1-15(2)19-11-9-12-20(16(3)4)23(19)25-27-26-24-21(17(5)6)13-10-14-22(24)18(7)8;1-7-4-8(2)6-9(3)5-7;2*1-7-5-3-2-4-6-7;;;/h2*9-18H,1-8H3;4-5H,1-3H3;2*2-6H,1H3;;;/q3*-1;;;3*+1. The first-order chi connectivity index (χ1) is 36.4. The average molecular weight is 1220 g/mol. The van der Waals surface area contributed by atoms with Gasteiger partial charge in [-0.3, -0.25) is 10.4 Å². The number of aryl methyl sites for hydroxylation is 5. The van der Waals surface area contributed by atoms with Gasteiger partial charge in [-0.25, -0.2) is 0 Å². The summed E-state index contributed by atoms with van der Waals surface area (Å²) in [5, 5.41) is 17.9. The first kappa shape index (κ1) is 74.9. The molecule has 0 N–H and O–H groups in total. The summed E-state index contributed by atoms with van der Waals surface area (Å²) in [5.74, 6) is 3.16. The molecule has 6 nitrogen and oxygen atoms in total. The van der Waals surface area contributed by atoms with Gasteiger partial charge < -0.3 is 21.1 Å². The van der Waals surface area contributed by atoms with Crippen LogP contribution in [0.5, 0.6) is 0 Å². The Bertz CT molecular complexity index is 2560. The van der Waals surface area contributed by atoms with Crippen LogP contribution in [0.25, 0.3) is 10.9 Å². The van der Waals surface area contributed by atoms with Crippen LogP contribution in [-0.4, -0.2) is 0 Å². The van der Waals surface area contributed by atoms with Crippen molar-refractivity contribution in [1.29, 1.82) is 0 Å². The second-order valence-corrected chi connectivity index (χ2v) is 22.8. The minimum atomic E-state index is 0. The van der Waals surface area contributed by atoms with Gasteiger partial charge in [0.25, 0.3) is 0 Å². The zero-order chi connectivity index (χ0) is 57.4. The molecular weight excluding hydrogens is 1130 g/mol. The summed E-state index contributed by atoms with van der Waals surface area (Å²) < 4.78 is 0. The number of nitrogens with zero attached hydrogens (tertiary/aromatic N) is 6. The van der Waals surface area contributed by atoms with Crippen molar-refractivity contribution in [2.24, 2.45) is 20.7 Å². The second kappa shape index (κ2) is 38.6. The topological polar surface area (TPSA) is 77.6 Å². The van der Waals surface area contributed by atoms with Crippen LogP contribution in [0.15, 0.2) is 166 Å². The fourth-order valence-electron chi connectivity index (χ4n) is 8.91. The number of benzene rings is 7. The predicted molar refractivity (Wildman–Crippen MR) is 335 cm³/mol. The molecule has 0 radical (unpaired) electrons. The van der Waals surface area contributed by atoms with Gasteiger partial charge in [-0.05, 0) is 128 Å². The zero-order valence-corrected chi connectivity index (χ0v) is 54.9. The molecule has 0 atom stereocenters. The Hall–Kier alpha value is -5.10. The van der Waals surface area contributed by atoms with E-state index in [2.05, 4.69) is 292 Å². The van der Waals surface area contributed by atoms with Crippen molar-refractivity contribution in [2.45, 2.75) is 193 Å². The molecule has 442 valence electrons. The minimum absolute atomic E-state index is 0. The van der Waals surface area contributed by atoms with Gasteiger partial charge in [-0.1, -0.05) is 276 Å². The Morgan fingerprint density at radius 2 is 0.512 bits per heavy atom. The molecule has 0 bridgehead atoms. The molecule has 0 saturated heterocycles. The van der Waals surface area contributed by atoms with Gasteiger partial charge in [-0.2, -0.15) is 34.9 Å². The fourth-order valence-corrected chi connectivity index (χ4v) is 8.91. The summed E-state index contributed by atoms with van der Waals surface area (Å²) in [6, 6.07) is 53.6. The minimum Gasteiger partial charge on any atom is -0.350 e. The van der Waals surface area contributed by atoms with Crippen molar-refractivity contribution < 1.29 is 51.2 Å². The van der Waals surface area contributed by atoms with Gasteiger partial charge in [0.2, 0.25) is 0 Å². The van der Waals surface area contributed by atoms with Crippen LogP contribution < -0.4 is 0 Å².